The molecule has 0 spiro atoms. The summed E-state index contributed by atoms with van der Waals surface area (Å²) >= 11 is 0. The molecule has 0 fully saturated rings. The molecule has 0 radical (unpaired) electrons. The third-order valence-corrected chi connectivity index (χ3v) is 1.92. The summed E-state index contributed by atoms with van der Waals surface area (Å²) in [6.45, 7) is 7.55. The van der Waals surface area contributed by atoms with Gasteiger partial charge in [0.05, 0.1) is 12.1 Å². The highest BCUT2D eigenvalue weighted by molar-refractivity contribution is 5.73. The van der Waals surface area contributed by atoms with E-state index < -0.39 is 5.60 Å². The van der Waals surface area contributed by atoms with Crippen LogP contribution in [0.25, 0.3) is 0 Å². The minimum atomic E-state index is -0.864. The van der Waals surface area contributed by atoms with Crippen LogP contribution in [0.3, 0.4) is 0 Å². The highest BCUT2D eigenvalue weighted by atomic mass is 16.5. The van der Waals surface area contributed by atoms with Gasteiger partial charge in [-0.05, 0) is 27.2 Å². The number of likely N-dealkylation sites (N-methyl/N-ethyl adjacent to an activating group) is 1. The Hall–Kier alpha value is -0.810. The van der Waals surface area contributed by atoms with Crippen molar-refractivity contribution in [3.05, 3.63) is 0 Å². The van der Waals surface area contributed by atoms with E-state index in [1.54, 1.807) is 20.9 Å². The summed E-state index contributed by atoms with van der Waals surface area (Å²) in [4.78, 5) is 13.0. The van der Waals surface area contributed by atoms with Crippen molar-refractivity contribution in [1.29, 1.82) is 0 Å². The number of rotatable bonds is 7. The predicted molar refractivity (Wildman–Crippen MR) is 63.4 cm³/mol. The molecule has 0 aliphatic carbocycles. The van der Waals surface area contributed by atoms with Crippen LogP contribution in [0.1, 0.15) is 27.2 Å². The van der Waals surface area contributed by atoms with Crippen molar-refractivity contribution >= 4 is 6.03 Å². The molecule has 5 heteroatoms. The van der Waals surface area contributed by atoms with Crippen LogP contribution in [-0.4, -0.2) is 55.0 Å². The number of carbonyl (C=O) groups excluding carboxylic acids is 1. The van der Waals surface area contributed by atoms with Gasteiger partial charge in [0.1, 0.15) is 0 Å². The average Bonchev–Trinajstić information content (AvgIpc) is 2.14. The van der Waals surface area contributed by atoms with Gasteiger partial charge in [0, 0.05) is 26.8 Å². The number of nitrogens with one attached hydrogen (secondary N) is 1. The third-order valence-electron chi connectivity index (χ3n) is 1.92. The van der Waals surface area contributed by atoms with E-state index in [-0.39, 0.29) is 6.03 Å². The Labute approximate surface area is 97.8 Å². The lowest BCUT2D eigenvalue weighted by molar-refractivity contribution is 0.0531. The maximum absolute atomic E-state index is 11.5. The SMILES string of the molecule is CCOCCCNC(=O)N(C)CC(C)(C)O. The Balaban J connectivity index is 3.64. The molecule has 0 aromatic heterocycles. The zero-order chi connectivity index (χ0) is 12.6. The quantitative estimate of drug-likeness (QED) is 0.639. The first-order chi connectivity index (χ1) is 7.37. The zero-order valence-corrected chi connectivity index (χ0v) is 10.7. The lowest BCUT2D eigenvalue weighted by Crippen LogP contribution is -2.44. The Kier molecular flexibility index (Phi) is 7.08. The number of ether oxygens (including phenoxy) is 1. The van der Waals surface area contributed by atoms with Crippen molar-refractivity contribution < 1.29 is 14.6 Å². The summed E-state index contributed by atoms with van der Waals surface area (Å²) in [5.74, 6) is 0. The fourth-order valence-electron chi connectivity index (χ4n) is 1.30. The summed E-state index contributed by atoms with van der Waals surface area (Å²) < 4.78 is 5.15. The van der Waals surface area contributed by atoms with Crippen LogP contribution >= 0.6 is 0 Å². The molecule has 0 rings (SSSR count). The molecule has 0 heterocycles. The van der Waals surface area contributed by atoms with Crippen molar-refractivity contribution in [2.45, 2.75) is 32.8 Å². The molecule has 0 aliphatic heterocycles. The second-order valence-corrected chi connectivity index (χ2v) is 4.45. The van der Waals surface area contributed by atoms with Gasteiger partial charge in [-0.1, -0.05) is 0 Å². The van der Waals surface area contributed by atoms with Crippen LogP contribution in [0.4, 0.5) is 4.79 Å². The van der Waals surface area contributed by atoms with E-state index in [9.17, 15) is 9.90 Å². The van der Waals surface area contributed by atoms with Gasteiger partial charge < -0.3 is 20.1 Å². The fourth-order valence-corrected chi connectivity index (χ4v) is 1.30. The highest BCUT2D eigenvalue weighted by Gasteiger charge is 2.18. The van der Waals surface area contributed by atoms with Crippen LogP contribution < -0.4 is 5.32 Å². The predicted octanol–water partition coefficient (Wildman–Crippen LogP) is 0.825. The van der Waals surface area contributed by atoms with Crippen LogP contribution in [-0.2, 0) is 4.74 Å². The number of urea groups is 1. The summed E-state index contributed by atoms with van der Waals surface area (Å²) in [6, 6.07) is -0.168. The normalized spacial score (nSPS) is 11.3. The number of amides is 2. The van der Waals surface area contributed by atoms with Crippen molar-refractivity contribution in [3.63, 3.8) is 0 Å². The lowest BCUT2D eigenvalue weighted by Gasteiger charge is -2.25. The topological polar surface area (TPSA) is 61.8 Å². The molecule has 2 N–H and O–H groups in total. The smallest absolute Gasteiger partial charge is 0.317 e. The Morgan fingerprint density at radius 1 is 1.50 bits per heavy atom. The largest absolute Gasteiger partial charge is 0.389 e. The third kappa shape index (κ3) is 8.49. The van der Waals surface area contributed by atoms with Gasteiger partial charge in [0.15, 0.2) is 0 Å². The van der Waals surface area contributed by atoms with E-state index in [0.717, 1.165) is 6.42 Å². The molecule has 0 atom stereocenters. The molecule has 5 nitrogen and oxygen atoms in total. The second-order valence-electron chi connectivity index (χ2n) is 4.45. The zero-order valence-electron chi connectivity index (χ0n) is 10.7. The number of hydrogen-bond donors (Lipinski definition) is 2. The molecule has 2 amide bonds. The second kappa shape index (κ2) is 7.46. The van der Waals surface area contributed by atoms with E-state index in [0.29, 0.717) is 26.3 Å². The number of hydrogen-bond acceptors (Lipinski definition) is 3. The van der Waals surface area contributed by atoms with E-state index in [4.69, 9.17) is 4.74 Å². The first kappa shape index (κ1) is 15.2. The minimum Gasteiger partial charge on any atom is -0.389 e. The average molecular weight is 232 g/mol. The molecule has 0 bridgehead atoms. The van der Waals surface area contributed by atoms with Gasteiger partial charge in [0.2, 0.25) is 0 Å². The van der Waals surface area contributed by atoms with E-state index in [1.165, 1.54) is 4.90 Å². The molecule has 0 saturated carbocycles. The van der Waals surface area contributed by atoms with Gasteiger partial charge in [-0.3, -0.25) is 0 Å². The maximum Gasteiger partial charge on any atom is 0.317 e. The lowest BCUT2D eigenvalue weighted by atomic mass is 10.1. The minimum absolute atomic E-state index is 0.168. The molecule has 0 aromatic rings. The van der Waals surface area contributed by atoms with Gasteiger partial charge in [0.25, 0.3) is 0 Å². The maximum atomic E-state index is 11.5. The van der Waals surface area contributed by atoms with Gasteiger partial charge in [-0.2, -0.15) is 0 Å². The van der Waals surface area contributed by atoms with Crippen molar-refractivity contribution in [1.82, 2.24) is 10.2 Å². The standard InChI is InChI=1S/C11H24N2O3/c1-5-16-8-6-7-12-10(14)13(4)9-11(2,3)15/h15H,5-9H2,1-4H3,(H,12,14). The molecule has 96 valence electrons. The Bertz CT molecular complexity index is 202. The highest BCUT2D eigenvalue weighted by Crippen LogP contribution is 2.02. The van der Waals surface area contributed by atoms with E-state index in [1.807, 2.05) is 6.92 Å². The van der Waals surface area contributed by atoms with Crippen LogP contribution in [0.2, 0.25) is 0 Å². The number of carbonyl (C=O) groups is 1. The number of aliphatic hydroxyl groups is 1. The van der Waals surface area contributed by atoms with Crippen molar-refractivity contribution in [2.24, 2.45) is 0 Å². The monoisotopic (exact) mass is 232 g/mol. The molecule has 0 aliphatic rings. The Morgan fingerprint density at radius 3 is 2.62 bits per heavy atom. The van der Waals surface area contributed by atoms with Gasteiger partial charge in [-0.25, -0.2) is 4.79 Å². The van der Waals surface area contributed by atoms with Crippen LogP contribution in [0.5, 0.6) is 0 Å². The van der Waals surface area contributed by atoms with Crippen molar-refractivity contribution in [3.8, 4) is 0 Å². The first-order valence-electron chi connectivity index (χ1n) is 5.66. The molecular formula is C11H24N2O3. The van der Waals surface area contributed by atoms with Gasteiger partial charge >= 0.3 is 6.03 Å². The molecule has 16 heavy (non-hydrogen) atoms. The van der Waals surface area contributed by atoms with E-state index in [2.05, 4.69) is 5.32 Å². The summed E-state index contributed by atoms with van der Waals surface area (Å²) in [5, 5.41) is 12.3. The summed E-state index contributed by atoms with van der Waals surface area (Å²) in [6.07, 6.45) is 0.802. The molecule has 0 saturated heterocycles. The first-order valence-corrected chi connectivity index (χ1v) is 5.66. The summed E-state index contributed by atoms with van der Waals surface area (Å²) in [5.41, 5.74) is -0.864. The molecule has 0 aromatic carbocycles. The summed E-state index contributed by atoms with van der Waals surface area (Å²) in [7, 11) is 1.66. The van der Waals surface area contributed by atoms with E-state index >= 15 is 0 Å². The molecular weight excluding hydrogens is 208 g/mol. The Morgan fingerprint density at radius 2 is 2.12 bits per heavy atom. The van der Waals surface area contributed by atoms with Crippen LogP contribution in [0.15, 0.2) is 0 Å². The van der Waals surface area contributed by atoms with Crippen LogP contribution in [0, 0.1) is 0 Å². The van der Waals surface area contributed by atoms with Gasteiger partial charge in [-0.15, -0.1) is 0 Å². The number of nitrogens with zero attached hydrogens (tertiary/aromatic N) is 1. The van der Waals surface area contributed by atoms with Crippen molar-refractivity contribution in [2.75, 3.05) is 33.4 Å². The fraction of sp³-hybridized carbons (Fsp3) is 0.909. The molecule has 0 unspecified atom stereocenters.